The van der Waals surface area contributed by atoms with Crippen molar-refractivity contribution in [1.82, 2.24) is 0 Å². The molecular formula is C14H16O3S. The minimum atomic E-state index is -3.68. The van der Waals surface area contributed by atoms with Crippen LogP contribution in [0.15, 0.2) is 29.2 Å². The molecule has 0 N–H and O–H groups in total. The molecule has 0 amide bonds. The lowest BCUT2D eigenvalue weighted by Crippen LogP contribution is -2.04. The van der Waals surface area contributed by atoms with Crippen LogP contribution in [0, 0.1) is 20.8 Å². The summed E-state index contributed by atoms with van der Waals surface area (Å²) < 4.78 is 28.6. The third-order valence-electron chi connectivity index (χ3n) is 3.02. The minimum absolute atomic E-state index is 0.242. The molecule has 96 valence electrons. The van der Waals surface area contributed by atoms with Gasteiger partial charge in [-0.1, -0.05) is 23.8 Å². The number of hydrogen-bond acceptors (Lipinski definition) is 3. The van der Waals surface area contributed by atoms with E-state index in [0.717, 1.165) is 27.5 Å². The second kappa shape index (κ2) is 4.37. The summed E-state index contributed by atoms with van der Waals surface area (Å²) in [5.41, 5.74) is 3.02. The summed E-state index contributed by atoms with van der Waals surface area (Å²) in [5.74, 6) is 0. The van der Waals surface area contributed by atoms with Crippen molar-refractivity contribution in [2.75, 3.05) is 7.11 Å². The summed E-state index contributed by atoms with van der Waals surface area (Å²) in [6, 6.07) is 7.58. The number of aryl methyl sites for hydroxylation is 3. The number of rotatable bonds is 2. The molecule has 0 saturated heterocycles. The van der Waals surface area contributed by atoms with Gasteiger partial charge in [-0.25, -0.2) is 0 Å². The van der Waals surface area contributed by atoms with E-state index in [4.69, 9.17) is 0 Å². The molecule has 0 fully saturated rings. The fraction of sp³-hybridized carbons (Fsp3) is 0.286. The molecule has 0 radical (unpaired) electrons. The van der Waals surface area contributed by atoms with Gasteiger partial charge in [-0.05, 0) is 43.4 Å². The highest BCUT2D eigenvalue weighted by atomic mass is 32.2. The van der Waals surface area contributed by atoms with Crippen LogP contribution in [0.2, 0.25) is 0 Å². The Morgan fingerprint density at radius 2 is 1.44 bits per heavy atom. The Hall–Kier alpha value is -1.39. The average Bonchev–Trinajstić information content (AvgIpc) is 2.29. The monoisotopic (exact) mass is 264 g/mol. The fourth-order valence-corrected chi connectivity index (χ4v) is 3.17. The molecule has 0 unspecified atom stereocenters. The maximum absolute atomic E-state index is 12.0. The molecule has 0 heterocycles. The van der Waals surface area contributed by atoms with Crippen LogP contribution in [0.5, 0.6) is 0 Å². The van der Waals surface area contributed by atoms with Crippen molar-refractivity contribution in [3.8, 4) is 0 Å². The highest BCUT2D eigenvalue weighted by Crippen LogP contribution is 2.29. The van der Waals surface area contributed by atoms with Crippen molar-refractivity contribution < 1.29 is 12.6 Å². The summed E-state index contributed by atoms with van der Waals surface area (Å²) in [4.78, 5) is 0.242. The summed E-state index contributed by atoms with van der Waals surface area (Å²) in [5, 5.41) is 1.68. The third kappa shape index (κ3) is 2.13. The summed E-state index contributed by atoms with van der Waals surface area (Å²) in [6.45, 7) is 5.82. The zero-order valence-corrected chi connectivity index (χ0v) is 11.8. The van der Waals surface area contributed by atoms with E-state index in [9.17, 15) is 8.42 Å². The smallest absolute Gasteiger partial charge is 0.270 e. The first-order valence-corrected chi connectivity index (χ1v) is 7.08. The first-order valence-electron chi connectivity index (χ1n) is 5.67. The number of fused-ring (bicyclic) bond motifs is 1. The second-order valence-corrected chi connectivity index (χ2v) is 6.24. The lowest BCUT2D eigenvalue weighted by molar-refractivity contribution is 0.398. The zero-order valence-electron chi connectivity index (χ0n) is 10.9. The minimum Gasteiger partial charge on any atom is -0.270 e. The van der Waals surface area contributed by atoms with Crippen LogP contribution in [0.3, 0.4) is 0 Å². The predicted molar refractivity (Wildman–Crippen MR) is 72.4 cm³/mol. The molecule has 2 rings (SSSR count). The van der Waals surface area contributed by atoms with Crippen molar-refractivity contribution in [2.45, 2.75) is 25.7 Å². The molecule has 0 atom stereocenters. The van der Waals surface area contributed by atoms with Crippen LogP contribution >= 0.6 is 0 Å². The van der Waals surface area contributed by atoms with E-state index < -0.39 is 10.1 Å². The number of benzene rings is 2. The van der Waals surface area contributed by atoms with Gasteiger partial charge in [-0.3, -0.25) is 4.18 Å². The van der Waals surface area contributed by atoms with Crippen LogP contribution < -0.4 is 0 Å². The van der Waals surface area contributed by atoms with Crippen molar-refractivity contribution in [2.24, 2.45) is 0 Å². The van der Waals surface area contributed by atoms with Gasteiger partial charge in [-0.15, -0.1) is 0 Å². The van der Waals surface area contributed by atoms with Crippen LogP contribution in [0.25, 0.3) is 10.8 Å². The van der Waals surface area contributed by atoms with Crippen LogP contribution in [0.1, 0.15) is 16.7 Å². The third-order valence-corrected chi connectivity index (χ3v) is 4.33. The highest BCUT2D eigenvalue weighted by Gasteiger charge is 2.18. The zero-order chi connectivity index (χ0) is 13.5. The Kier molecular flexibility index (Phi) is 3.17. The van der Waals surface area contributed by atoms with Gasteiger partial charge >= 0.3 is 0 Å². The van der Waals surface area contributed by atoms with Crippen molar-refractivity contribution in [1.29, 1.82) is 0 Å². The fourth-order valence-electron chi connectivity index (χ4n) is 2.22. The molecular weight excluding hydrogens is 248 g/mol. The number of hydrogen-bond donors (Lipinski definition) is 0. The van der Waals surface area contributed by atoms with Crippen molar-refractivity contribution in [3.63, 3.8) is 0 Å². The molecule has 0 aliphatic carbocycles. The molecule has 0 aliphatic rings. The lowest BCUT2D eigenvalue weighted by atomic mass is 10.0. The van der Waals surface area contributed by atoms with Crippen LogP contribution in [-0.4, -0.2) is 15.5 Å². The molecule has 0 saturated carbocycles. The van der Waals surface area contributed by atoms with Crippen molar-refractivity contribution >= 4 is 20.9 Å². The van der Waals surface area contributed by atoms with Gasteiger partial charge in [0.25, 0.3) is 10.1 Å². The van der Waals surface area contributed by atoms with E-state index in [2.05, 4.69) is 4.18 Å². The Morgan fingerprint density at radius 3 is 2.06 bits per heavy atom. The Labute approximate surface area is 108 Å². The van der Waals surface area contributed by atoms with E-state index in [1.165, 1.54) is 7.11 Å². The molecule has 0 aromatic heterocycles. The van der Waals surface area contributed by atoms with Crippen molar-refractivity contribution in [3.05, 3.63) is 41.0 Å². The standard InChI is InChI=1S/C14H16O3S/c1-9-5-11(3)12-6-10(2)8-14(13(12)7-9)18(15,16)17-4/h5-8H,1-4H3. The quantitative estimate of drug-likeness (QED) is 0.783. The molecule has 0 bridgehead atoms. The SMILES string of the molecule is COS(=O)(=O)c1cc(C)cc2c(C)cc(C)cc12. The van der Waals surface area contributed by atoms with E-state index in [-0.39, 0.29) is 4.90 Å². The molecule has 0 aliphatic heterocycles. The molecule has 2 aromatic rings. The largest absolute Gasteiger partial charge is 0.297 e. The molecule has 4 heteroatoms. The summed E-state index contributed by atoms with van der Waals surface area (Å²) in [6.07, 6.45) is 0. The van der Waals surface area contributed by atoms with E-state index in [0.29, 0.717) is 0 Å². The van der Waals surface area contributed by atoms with Gasteiger partial charge in [0.05, 0.1) is 7.11 Å². The maximum atomic E-state index is 12.0. The van der Waals surface area contributed by atoms with Gasteiger partial charge in [0.1, 0.15) is 4.90 Å². The first-order chi connectivity index (χ1) is 8.35. The molecule has 18 heavy (non-hydrogen) atoms. The van der Waals surface area contributed by atoms with Gasteiger partial charge in [0, 0.05) is 5.39 Å². The maximum Gasteiger partial charge on any atom is 0.297 e. The van der Waals surface area contributed by atoms with Crippen LogP contribution in [-0.2, 0) is 14.3 Å². The Morgan fingerprint density at radius 1 is 0.889 bits per heavy atom. The van der Waals surface area contributed by atoms with Gasteiger partial charge in [-0.2, -0.15) is 8.42 Å². The molecule has 0 spiro atoms. The summed E-state index contributed by atoms with van der Waals surface area (Å²) >= 11 is 0. The summed E-state index contributed by atoms with van der Waals surface area (Å²) in [7, 11) is -2.49. The van der Waals surface area contributed by atoms with E-state index >= 15 is 0 Å². The van der Waals surface area contributed by atoms with Gasteiger partial charge < -0.3 is 0 Å². The molecule has 3 nitrogen and oxygen atoms in total. The average molecular weight is 264 g/mol. The van der Waals surface area contributed by atoms with E-state index in [1.54, 1.807) is 6.07 Å². The van der Waals surface area contributed by atoms with E-state index in [1.807, 2.05) is 39.0 Å². The van der Waals surface area contributed by atoms with Gasteiger partial charge in [0.2, 0.25) is 0 Å². The lowest BCUT2D eigenvalue weighted by Gasteiger charge is -2.11. The topological polar surface area (TPSA) is 43.4 Å². The predicted octanol–water partition coefficient (Wildman–Crippen LogP) is 3.10. The van der Waals surface area contributed by atoms with Gasteiger partial charge in [0.15, 0.2) is 0 Å². The second-order valence-electron chi connectivity index (χ2n) is 4.56. The van der Waals surface area contributed by atoms with Crippen LogP contribution in [0.4, 0.5) is 0 Å². The Bertz CT molecular complexity index is 715. The normalized spacial score (nSPS) is 12.0. The first kappa shape index (κ1) is 13.1. The highest BCUT2D eigenvalue weighted by molar-refractivity contribution is 7.87. The molecule has 2 aromatic carbocycles. The Balaban J connectivity index is 2.98.